The lowest BCUT2D eigenvalue weighted by Crippen LogP contribution is -2.32. The van der Waals surface area contributed by atoms with Crippen molar-refractivity contribution in [2.24, 2.45) is 23.2 Å². The van der Waals surface area contributed by atoms with Gasteiger partial charge in [0.15, 0.2) is 0 Å². The fourth-order valence-corrected chi connectivity index (χ4v) is 4.31. The Balaban J connectivity index is 1.57. The Morgan fingerprint density at radius 2 is 1.82 bits per heavy atom. The summed E-state index contributed by atoms with van der Waals surface area (Å²) in [5.41, 5.74) is -0.0414. The van der Waals surface area contributed by atoms with Crippen LogP contribution >= 0.6 is 0 Å². The summed E-state index contributed by atoms with van der Waals surface area (Å²) < 4.78 is 0. The van der Waals surface area contributed by atoms with E-state index in [1.54, 1.807) is 0 Å². The molecule has 96 valence electrons. The maximum absolute atomic E-state index is 12.2. The van der Waals surface area contributed by atoms with Crippen LogP contribution in [0.25, 0.3) is 0 Å². The van der Waals surface area contributed by atoms with Gasteiger partial charge < -0.3 is 4.90 Å². The molecular formula is C15H25NO. The Bertz CT molecular complexity index is 311. The maximum atomic E-state index is 12.2. The Kier molecular flexibility index (Phi) is 2.81. The van der Waals surface area contributed by atoms with Crippen LogP contribution in [0.15, 0.2) is 0 Å². The SMILES string of the molecule is CC1(C)CCC(CN2CC3CCCC3C2)C1=O. The van der Waals surface area contributed by atoms with Crippen molar-refractivity contribution < 1.29 is 4.79 Å². The molecule has 0 amide bonds. The van der Waals surface area contributed by atoms with E-state index in [2.05, 4.69) is 18.7 Å². The third kappa shape index (κ3) is 2.05. The van der Waals surface area contributed by atoms with Gasteiger partial charge in [-0.05, 0) is 37.5 Å². The second-order valence-electron chi connectivity index (χ2n) is 7.15. The molecule has 1 aliphatic heterocycles. The quantitative estimate of drug-likeness (QED) is 0.733. The molecule has 3 aliphatic rings. The highest BCUT2D eigenvalue weighted by molar-refractivity contribution is 5.88. The van der Waals surface area contributed by atoms with Crippen molar-refractivity contribution in [2.75, 3.05) is 19.6 Å². The van der Waals surface area contributed by atoms with Gasteiger partial charge in [0.05, 0.1) is 0 Å². The zero-order chi connectivity index (χ0) is 12.0. The minimum Gasteiger partial charge on any atom is -0.302 e. The van der Waals surface area contributed by atoms with Crippen molar-refractivity contribution in [1.82, 2.24) is 4.90 Å². The largest absolute Gasteiger partial charge is 0.302 e. The second-order valence-corrected chi connectivity index (χ2v) is 7.15. The smallest absolute Gasteiger partial charge is 0.142 e. The molecular weight excluding hydrogens is 210 g/mol. The highest BCUT2D eigenvalue weighted by atomic mass is 16.1. The van der Waals surface area contributed by atoms with Gasteiger partial charge in [-0.1, -0.05) is 20.3 Å². The number of carbonyl (C=O) groups is 1. The monoisotopic (exact) mass is 235 g/mol. The Hall–Kier alpha value is -0.370. The third-order valence-electron chi connectivity index (χ3n) is 5.44. The summed E-state index contributed by atoms with van der Waals surface area (Å²) in [5.74, 6) is 2.78. The number of hydrogen-bond donors (Lipinski definition) is 0. The van der Waals surface area contributed by atoms with Crippen LogP contribution in [0.2, 0.25) is 0 Å². The van der Waals surface area contributed by atoms with Crippen LogP contribution in [0.5, 0.6) is 0 Å². The van der Waals surface area contributed by atoms with Crippen molar-refractivity contribution >= 4 is 5.78 Å². The minimum absolute atomic E-state index is 0.0414. The van der Waals surface area contributed by atoms with E-state index in [1.807, 2.05) is 0 Å². The van der Waals surface area contributed by atoms with Crippen LogP contribution in [0.4, 0.5) is 0 Å². The molecule has 0 aromatic heterocycles. The average Bonchev–Trinajstić information content (AvgIpc) is 2.88. The molecule has 2 aliphatic carbocycles. The van der Waals surface area contributed by atoms with Crippen LogP contribution < -0.4 is 0 Å². The number of carbonyl (C=O) groups excluding carboxylic acids is 1. The number of hydrogen-bond acceptors (Lipinski definition) is 2. The molecule has 2 heteroatoms. The fourth-order valence-electron chi connectivity index (χ4n) is 4.31. The number of ketones is 1. The van der Waals surface area contributed by atoms with Crippen LogP contribution in [0, 0.1) is 23.2 Å². The van der Waals surface area contributed by atoms with Crippen molar-refractivity contribution in [3.63, 3.8) is 0 Å². The highest BCUT2D eigenvalue weighted by Gasteiger charge is 2.43. The van der Waals surface area contributed by atoms with Crippen molar-refractivity contribution in [2.45, 2.75) is 46.0 Å². The first-order chi connectivity index (χ1) is 8.06. The van der Waals surface area contributed by atoms with Gasteiger partial charge in [0.2, 0.25) is 0 Å². The Labute approximate surface area is 105 Å². The topological polar surface area (TPSA) is 20.3 Å². The predicted molar refractivity (Wildman–Crippen MR) is 68.8 cm³/mol. The highest BCUT2D eigenvalue weighted by Crippen LogP contribution is 2.41. The molecule has 0 N–H and O–H groups in total. The van der Waals surface area contributed by atoms with E-state index in [0.29, 0.717) is 11.7 Å². The van der Waals surface area contributed by atoms with Crippen LogP contribution in [-0.2, 0) is 4.79 Å². The molecule has 3 fully saturated rings. The average molecular weight is 235 g/mol. The normalized spacial score (nSPS) is 41.1. The summed E-state index contributed by atoms with van der Waals surface area (Å²) in [6, 6.07) is 0. The van der Waals surface area contributed by atoms with E-state index in [1.165, 1.54) is 32.4 Å². The summed E-state index contributed by atoms with van der Waals surface area (Å²) in [5, 5.41) is 0. The zero-order valence-electron chi connectivity index (χ0n) is 11.2. The molecule has 3 unspecified atom stereocenters. The van der Waals surface area contributed by atoms with Gasteiger partial charge in [-0.15, -0.1) is 0 Å². The van der Waals surface area contributed by atoms with Crippen molar-refractivity contribution in [3.05, 3.63) is 0 Å². The van der Waals surface area contributed by atoms with Crippen LogP contribution in [0.3, 0.4) is 0 Å². The Morgan fingerprint density at radius 3 is 2.35 bits per heavy atom. The standard InChI is InChI=1S/C15H25NO/c1-15(2)7-6-13(14(15)17)10-16-8-11-4-3-5-12(11)9-16/h11-13H,3-10H2,1-2H3. The van der Waals surface area contributed by atoms with Crippen LogP contribution in [-0.4, -0.2) is 30.3 Å². The Morgan fingerprint density at radius 1 is 1.18 bits per heavy atom. The van der Waals surface area contributed by atoms with E-state index in [4.69, 9.17) is 0 Å². The molecule has 0 radical (unpaired) electrons. The van der Waals surface area contributed by atoms with Gasteiger partial charge >= 0.3 is 0 Å². The number of Topliss-reactive ketones (excluding diaryl/α,β-unsaturated/α-hetero) is 1. The molecule has 3 rings (SSSR count). The zero-order valence-corrected chi connectivity index (χ0v) is 11.2. The van der Waals surface area contributed by atoms with Gasteiger partial charge in [0, 0.05) is 31.0 Å². The van der Waals surface area contributed by atoms with Gasteiger partial charge in [0.25, 0.3) is 0 Å². The molecule has 2 saturated carbocycles. The van der Waals surface area contributed by atoms with E-state index in [0.717, 1.165) is 31.2 Å². The van der Waals surface area contributed by atoms with Gasteiger partial charge in [-0.3, -0.25) is 4.79 Å². The first kappa shape index (κ1) is 11.7. The second kappa shape index (κ2) is 4.08. The van der Waals surface area contributed by atoms with Gasteiger partial charge in [-0.2, -0.15) is 0 Å². The number of fused-ring (bicyclic) bond motifs is 1. The van der Waals surface area contributed by atoms with Crippen molar-refractivity contribution in [1.29, 1.82) is 0 Å². The molecule has 0 spiro atoms. The lowest BCUT2D eigenvalue weighted by Gasteiger charge is -2.22. The summed E-state index contributed by atoms with van der Waals surface area (Å²) in [4.78, 5) is 14.8. The first-order valence-corrected chi connectivity index (χ1v) is 7.33. The number of nitrogens with zero attached hydrogens (tertiary/aromatic N) is 1. The summed E-state index contributed by atoms with van der Waals surface area (Å²) >= 11 is 0. The number of rotatable bonds is 2. The van der Waals surface area contributed by atoms with E-state index >= 15 is 0 Å². The molecule has 1 heterocycles. The molecule has 3 atom stereocenters. The molecule has 0 aromatic carbocycles. The maximum Gasteiger partial charge on any atom is 0.142 e. The molecule has 0 aromatic rings. The van der Waals surface area contributed by atoms with Gasteiger partial charge in [-0.25, -0.2) is 0 Å². The van der Waals surface area contributed by atoms with E-state index < -0.39 is 0 Å². The fraction of sp³-hybridized carbons (Fsp3) is 0.933. The molecule has 1 saturated heterocycles. The third-order valence-corrected chi connectivity index (χ3v) is 5.44. The lowest BCUT2D eigenvalue weighted by molar-refractivity contribution is -0.127. The summed E-state index contributed by atoms with van der Waals surface area (Å²) in [6.07, 6.45) is 6.53. The summed E-state index contributed by atoms with van der Waals surface area (Å²) in [6.45, 7) is 7.83. The summed E-state index contributed by atoms with van der Waals surface area (Å²) in [7, 11) is 0. The predicted octanol–water partition coefficient (Wildman–Crippen LogP) is 2.72. The minimum atomic E-state index is -0.0414. The molecule has 17 heavy (non-hydrogen) atoms. The van der Waals surface area contributed by atoms with E-state index in [-0.39, 0.29) is 5.41 Å². The lowest BCUT2D eigenvalue weighted by atomic mass is 9.89. The van der Waals surface area contributed by atoms with Gasteiger partial charge in [0.1, 0.15) is 5.78 Å². The van der Waals surface area contributed by atoms with Crippen LogP contribution in [0.1, 0.15) is 46.0 Å². The van der Waals surface area contributed by atoms with Crippen molar-refractivity contribution in [3.8, 4) is 0 Å². The first-order valence-electron chi connectivity index (χ1n) is 7.33. The molecule has 2 nitrogen and oxygen atoms in total. The van der Waals surface area contributed by atoms with E-state index in [9.17, 15) is 4.79 Å². The number of likely N-dealkylation sites (tertiary alicyclic amines) is 1. The molecule has 0 bridgehead atoms.